The number of imidazole rings is 1. The molecule has 31 heavy (non-hydrogen) atoms. The minimum Gasteiger partial charge on any atom is -0.508 e. The molecule has 4 aromatic rings. The Balaban J connectivity index is 1.28. The second-order valence-electron chi connectivity index (χ2n) is 8.16. The quantitative estimate of drug-likeness (QED) is 0.465. The van der Waals surface area contributed by atoms with Gasteiger partial charge in [-0.3, -0.25) is 4.68 Å². The van der Waals surface area contributed by atoms with Gasteiger partial charge in [0.25, 0.3) is 0 Å². The van der Waals surface area contributed by atoms with Gasteiger partial charge in [-0.1, -0.05) is 54.6 Å². The summed E-state index contributed by atoms with van der Waals surface area (Å²) in [6.07, 6.45) is 17.2. The maximum absolute atomic E-state index is 10.0. The molecule has 1 N–H and O–H groups in total. The van der Waals surface area contributed by atoms with Gasteiger partial charge >= 0.3 is 0 Å². The van der Waals surface area contributed by atoms with Gasteiger partial charge in [0.2, 0.25) is 0 Å². The van der Waals surface area contributed by atoms with Crippen LogP contribution in [0.4, 0.5) is 0 Å². The zero-order chi connectivity index (χ0) is 21.0. The highest BCUT2D eigenvalue weighted by Gasteiger charge is 2.19. The molecular formula is C26H26N4O. The number of nitrogens with zero attached hydrogens (tertiary/aromatic N) is 4. The van der Waals surface area contributed by atoms with Crippen molar-refractivity contribution in [2.24, 2.45) is 5.92 Å². The first kappa shape index (κ1) is 19.4. The second-order valence-corrected chi connectivity index (χ2v) is 8.16. The van der Waals surface area contributed by atoms with Crippen LogP contribution in [0.5, 0.6) is 5.75 Å². The number of phenolic OH excluding ortho intramolecular Hbond substituents is 1. The van der Waals surface area contributed by atoms with Crippen LogP contribution in [0, 0.1) is 5.92 Å². The summed E-state index contributed by atoms with van der Waals surface area (Å²) in [5.74, 6) is 0.946. The standard InChI is InChI=1S/C26H26N4O/c31-25-10-4-9-22-16-20(11-12-24(22)25)6-5-14-30-18-23(17-28-30)26(29-15-13-27-19-29)21-7-2-1-3-8-21/h1-10,13,15,17-20,26,31H,11-12,14,16H2. The second kappa shape index (κ2) is 8.64. The van der Waals surface area contributed by atoms with Gasteiger partial charge in [0.05, 0.1) is 25.1 Å². The number of phenols is 1. The summed E-state index contributed by atoms with van der Waals surface area (Å²) in [6.45, 7) is 0.745. The average Bonchev–Trinajstić information content (AvgIpc) is 3.48. The zero-order valence-electron chi connectivity index (χ0n) is 17.4. The number of fused-ring (bicyclic) bond motifs is 1. The first-order chi connectivity index (χ1) is 15.3. The molecule has 0 radical (unpaired) electrons. The summed E-state index contributed by atoms with van der Waals surface area (Å²) in [7, 11) is 0. The average molecular weight is 411 g/mol. The third-order valence-electron chi connectivity index (χ3n) is 6.10. The molecule has 0 amide bonds. The van der Waals surface area contributed by atoms with E-state index in [4.69, 9.17) is 0 Å². The molecule has 0 fully saturated rings. The lowest BCUT2D eigenvalue weighted by molar-refractivity contribution is 0.453. The van der Waals surface area contributed by atoms with E-state index in [2.05, 4.69) is 63.3 Å². The van der Waals surface area contributed by atoms with Gasteiger partial charge in [-0.05, 0) is 47.9 Å². The molecule has 2 heterocycles. The monoisotopic (exact) mass is 410 g/mol. The molecule has 1 aliphatic carbocycles. The minimum atomic E-state index is 0.0592. The Bertz CT molecular complexity index is 1160. The maximum atomic E-state index is 10.0. The predicted molar refractivity (Wildman–Crippen MR) is 121 cm³/mol. The molecule has 2 atom stereocenters. The van der Waals surface area contributed by atoms with Gasteiger partial charge in [-0.15, -0.1) is 0 Å². The molecule has 2 unspecified atom stereocenters. The van der Waals surface area contributed by atoms with E-state index < -0.39 is 0 Å². The van der Waals surface area contributed by atoms with Gasteiger partial charge in [-0.2, -0.15) is 5.10 Å². The van der Waals surface area contributed by atoms with Gasteiger partial charge in [0.1, 0.15) is 5.75 Å². The summed E-state index contributed by atoms with van der Waals surface area (Å²) < 4.78 is 4.10. The van der Waals surface area contributed by atoms with Crippen molar-refractivity contribution in [1.29, 1.82) is 0 Å². The number of aromatic nitrogens is 4. The van der Waals surface area contributed by atoms with Crippen LogP contribution in [0.25, 0.3) is 0 Å². The van der Waals surface area contributed by atoms with Crippen molar-refractivity contribution in [2.75, 3.05) is 0 Å². The smallest absolute Gasteiger partial charge is 0.119 e. The van der Waals surface area contributed by atoms with E-state index in [1.54, 1.807) is 6.07 Å². The third kappa shape index (κ3) is 4.17. The van der Waals surface area contributed by atoms with Crippen LogP contribution < -0.4 is 0 Å². The minimum absolute atomic E-state index is 0.0592. The van der Waals surface area contributed by atoms with Crippen LogP contribution in [0.15, 0.2) is 91.8 Å². The fourth-order valence-electron chi connectivity index (χ4n) is 4.56. The number of aromatic hydroxyl groups is 1. The fraction of sp³-hybridized carbons (Fsp3) is 0.231. The van der Waals surface area contributed by atoms with Crippen molar-refractivity contribution in [1.82, 2.24) is 19.3 Å². The Morgan fingerprint density at radius 1 is 1.10 bits per heavy atom. The van der Waals surface area contributed by atoms with Crippen molar-refractivity contribution >= 4 is 0 Å². The predicted octanol–water partition coefficient (Wildman–Crippen LogP) is 4.78. The summed E-state index contributed by atoms with van der Waals surface area (Å²) >= 11 is 0. The van der Waals surface area contributed by atoms with Crippen molar-refractivity contribution in [3.8, 4) is 5.75 Å². The lowest BCUT2D eigenvalue weighted by atomic mass is 9.83. The molecule has 1 aliphatic rings. The molecule has 5 rings (SSSR count). The molecule has 156 valence electrons. The lowest BCUT2D eigenvalue weighted by Gasteiger charge is -2.22. The zero-order valence-corrected chi connectivity index (χ0v) is 17.4. The highest BCUT2D eigenvalue weighted by atomic mass is 16.3. The molecule has 0 saturated carbocycles. The topological polar surface area (TPSA) is 55.9 Å². The summed E-state index contributed by atoms with van der Waals surface area (Å²) in [6, 6.07) is 16.4. The van der Waals surface area contributed by atoms with Crippen molar-refractivity contribution < 1.29 is 5.11 Å². The number of hydrogen-bond donors (Lipinski definition) is 1. The van der Waals surface area contributed by atoms with Gasteiger partial charge in [0, 0.05) is 24.2 Å². The Hall–Kier alpha value is -3.60. The molecule has 0 spiro atoms. The molecule has 0 aliphatic heterocycles. The number of hydrogen-bond acceptors (Lipinski definition) is 3. The van der Waals surface area contributed by atoms with E-state index in [0.717, 1.165) is 36.9 Å². The molecule has 2 aromatic carbocycles. The van der Waals surface area contributed by atoms with Crippen LogP contribution >= 0.6 is 0 Å². The van der Waals surface area contributed by atoms with Crippen molar-refractivity contribution in [3.63, 3.8) is 0 Å². The van der Waals surface area contributed by atoms with E-state index >= 15 is 0 Å². The van der Waals surface area contributed by atoms with Crippen molar-refractivity contribution in [2.45, 2.75) is 31.8 Å². The first-order valence-corrected chi connectivity index (χ1v) is 10.8. The van der Waals surface area contributed by atoms with Crippen molar-refractivity contribution in [3.05, 3.63) is 114 Å². The van der Waals surface area contributed by atoms with Gasteiger partial charge < -0.3 is 9.67 Å². The van der Waals surface area contributed by atoms with E-state index in [9.17, 15) is 5.11 Å². The third-order valence-corrected chi connectivity index (χ3v) is 6.10. The normalized spacial score (nSPS) is 17.0. The van der Waals surface area contributed by atoms with E-state index in [0.29, 0.717) is 11.7 Å². The van der Waals surface area contributed by atoms with Crippen LogP contribution in [0.1, 0.15) is 34.7 Å². The summed E-state index contributed by atoms with van der Waals surface area (Å²) in [4.78, 5) is 4.23. The number of rotatable bonds is 6. The highest BCUT2D eigenvalue weighted by Crippen LogP contribution is 2.32. The summed E-state index contributed by atoms with van der Waals surface area (Å²) in [5.41, 5.74) is 4.74. The number of benzene rings is 2. The molecule has 2 aromatic heterocycles. The van der Waals surface area contributed by atoms with E-state index in [1.165, 1.54) is 11.1 Å². The molecular weight excluding hydrogens is 384 g/mol. The van der Waals surface area contributed by atoms with E-state index in [1.807, 2.05) is 41.7 Å². The SMILES string of the molecule is Oc1cccc2c1CCC(C=CCn1cc(C(c3ccccc3)n3ccnc3)cn1)C2. The Morgan fingerprint density at radius 3 is 2.84 bits per heavy atom. The largest absolute Gasteiger partial charge is 0.508 e. The molecule has 0 bridgehead atoms. The van der Waals surface area contributed by atoms with Crippen LogP contribution in [-0.4, -0.2) is 24.4 Å². The van der Waals surface area contributed by atoms with Gasteiger partial charge in [-0.25, -0.2) is 4.98 Å². The lowest BCUT2D eigenvalue weighted by Crippen LogP contribution is -2.12. The Labute approximate surface area is 182 Å². The molecule has 5 nitrogen and oxygen atoms in total. The highest BCUT2D eigenvalue weighted by molar-refractivity contribution is 5.41. The summed E-state index contributed by atoms with van der Waals surface area (Å²) in [5, 5.41) is 14.6. The van der Waals surface area contributed by atoms with Crippen LogP contribution in [0.2, 0.25) is 0 Å². The van der Waals surface area contributed by atoms with E-state index in [-0.39, 0.29) is 6.04 Å². The number of allylic oxidation sites excluding steroid dienone is 2. The maximum Gasteiger partial charge on any atom is 0.119 e. The first-order valence-electron chi connectivity index (χ1n) is 10.8. The fourth-order valence-corrected chi connectivity index (χ4v) is 4.56. The van der Waals surface area contributed by atoms with Crippen LogP contribution in [-0.2, 0) is 19.4 Å². The Morgan fingerprint density at radius 2 is 2.00 bits per heavy atom. The van der Waals surface area contributed by atoms with Crippen LogP contribution in [0.3, 0.4) is 0 Å². The van der Waals surface area contributed by atoms with Gasteiger partial charge in [0.15, 0.2) is 0 Å². The molecule has 5 heteroatoms. The Kier molecular flexibility index (Phi) is 5.40. The molecule has 0 saturated heterocycles.